The molecular formula is C13H13F2N3. The first kappa shape index (κ1) is 12.4. The number of benzene rings is 1. The van der Waals surface area contributed by atoms with Crippen LogP contribution < -0.4 is 5.73 Å². The second-order valence-corrected chi connectivity index (χ2v) is 4.19. The average Bonchev–Trinajstić information content (AvgIpc) is 2.31. The van der Waals surface area contributed by atoms with Crippen molar-refractivity contribution in [2.75, 3.05) is 5.73 Å². The maximum Gasteiger partial charge on any atom is 0.168 e. The lowest BCUT2D eigenvalue weighted by atomic mass is 10.0. The largest absolute Gasteiger partial charge is 0.383 e. The predicted molar refractivity (Wildman–Crippen MR) is 66.0 cm³/mol. The second-order valence-electron chi connectivity index (χ2n) is 4.19. The van der Waals surface area contributed by atoms with Crippen molar-refractivity contribution in [3.8, 4) is 11.3 Å². The topological polar surface area (TPSA) is 51.8 Å². The number of anilines is 1. The van der Waals surface area contributed by atoms with Gasteiger partial charge in [-0.25, -0.2) is 18.7 Å². The molecule has 0 atom stereocenters. The third kappa shape index (κ3) is 1.92. The first-order chi connectivity index (χ1) is 8.41. The van der Waals surface area contributed by atoms with Gasteiger partial charge in [-0.1, -0.05) is 6.07 Å². The smallest absolute Gasteiger partial charge is 0.168 e. The van der Waals surface area contributed by atoms with Crippen LogP contribution in [-0.2, 0) is 0 Å². The van der Waals surface area contributed by atoms with Crippen LogP contribution in [0.25, 0.3) is 11.3 Å². The van der Waals surface area contributed by atoms with Crippen LogP contribution in [0.5, 0.6) is 0 Å². The van der Waals surface area contributed by atoms with Gasteiger partial charge < -0.3 is 5.73 Å². The maximum absolute atomic E-state index is 13.9. The number of nitrogens with zero attached hydrogens (tertiary/aromatic N) is 2. The summed E-state index contributed by atoms with van der Waals surface area (Å²) in [7, 11) is 0. The summed E-state index contributed by atoms with van der Waals surface area (Å²) in [5, 5.41) is 0. The van der Waals surface area contributed by atoms with E-state index in [1.54, 1.807) is 13.8 Å². The fourth-order valence-corrected chi connectivity index (χ4v) is 1.74. The Labute approximate surface area is 104 Å². The number of hydrogen-bond acceptors (Lipinski definition) is 3. The minimum Gasteiger partial charge on any atom is -0.383 e. The van der Waals surface area contributed by atoms with Crippen molar-refractivity contribution < 1.29 is 8.78 Å². The van der Waals surface area contributed by atoms with Crippen molar-refractivity contribution in [2.45, 2.75) is 20.8 Å². The van der Waals surface area contributed by atoms with Crippen molar-refractivity contribution in [1.82, 2.24) is 9.97 Å². The highest BCUT2D eigenvalue weighted by Crippen LogP contribution is 2.28. The molecule has 0 saturated carbocycles. The molecule has 0 unspecified atom stereocenters. The third-order valence-electron chi connectivity index (χ3n) is 2.83. The Morgan fingerprint density at radius 1 is 1.00 bits per heavy atom. The highest BCUT2D eigenvalue weighted by atomic mass is 19.2. The molecule has 0 aliphatic heterocycles. The first-order valence-corrected chi connectivity index (χ1v) is 5.47. The van der Waals surface area contributed by atoms with Crippen LogP contribution in [0.3, 0.4) is 0 Å². The molecule has 3 nitrogen and oxygen atoms in total. The molecule has 1 heterocycles. The molecule has 0 spiro atoms. The van der Waals surface area contributed by atoms with E-state index >= 15 is 0 Å². The summed E-state index contributed by atoms with van der Waals surface area (Å²) in [5.41, 5.74) is 6.95. The van der Waals surface area contributed by atoms with Crippen LogP contribution in [-0.4, -0.2) is 9.97 Å². The predicted octanol–water partition coefficient (Wildman–Crippen LogP) is 2.93. The molecule has 0 radical (unpaired) electrons. The van der Waals surface area contributed by atoms with Crippen LogP contribution in [0, 0.1) is 32.4 Å². The number of rotatable bonds is 1. The van der Waals surface area contributed by atoms with Crippen molar-refractivity contribution in [3.05, 3.63) is 40.7 Å². The fourth-order valence-electron chi connectivity index (χ4n) is 1.74. The van der Waals surface area contributed by atoms with Gasteiger partial charge in [0.2, 0.25) is 0 Å². The van der Waals surface area contributed by atoms with Gasteiger partial charge in [-0.15, -0.1) is 0 Å². The fraction of sp³-hybridized carbons (Fsp3) is 0.231. The van der Waals surface area contributed by atoms with Crippen LogP contribution in [0.4, 0.5) is 14.6 Å². The number of aryl methyl sites for hydroxylation is 2. The molecule has 1 aromatic heterocycles. The van der Waals surface area contributed by atoms with Crippen molar-refractivity contribution in [2.24, 2.45) is 0 Å². The van der Waals surface area contributed by atoms with Crippen LogP contribution in [0.2, 0.25) is 0 Å². The molecule has 0 saturated heterocycles. The SMILES string of the molecule is Cc1nc(N)c(C)c(-c2ccc(C)c(F)c2F)n1. The molecule has 5 heteroatoms. The van der Waals surface area contributed by atoms with E-state index in [0.717, 1.165) is 0 Å². The lowest BCUT2D eigenvalue weighted by molar-refractivity contribution is 0.505. The highest BCUT2D eigenvalue weighted by molar-refractivity contribution is 5.68. The average molecular weight is 249 g/mol. The number of aromatic nitrogens is 2. The number of nitrogen functional groups attached to an aromatic ring is 1. The van der Waals surface area contributed by atoms with Gasteiger partial charge in [0.25, 0.3) is 0 Å². The van der Waals surface area contributed by atoms with Crippen LogP contribution in [0.15, 0.2) is 12.1 Å². The first-order valence-electron chi connectivity index (χ1n) is 5.47. The molecule has 2 N–H and O–H groups in total. The zero-order chi connectivity index (χ0) is 13.4. The van der Waals surface area contributed by atoms with E-state index in [9.17, 15) is 8.78 Å². The molecule has 0 fully saturated rings. The lowest BCUT2D eigenvalue weighted by Gasteiger charge is -2.10. The van der Waals surface area contributed by atoms with E-state index in [-0.39, 0.29) is 16.9 Å². The molecule has 2 rings (SSSR count). The van der Waals surface area contributed by atoms with E-state index < -0.39 is 11.6 Å². The second kappa shape index (κ2) is 4.33. The summed E-state index contributed by atoms with van der Waals surface area (Å²) in [6, 6.07) is 3.02. The standard InChI is InChI=1S/C13H13F2N3/c1-6-4-5-9(11(15)10(6)14)12-7(2)13(16)18-8(3)17-12/h4-5H,1-3H3,(H2,16,17,18). The monoisotopic (exact) mass is 249 g/mol. The minimum atomic E-state index is -0.907. The summed E-state index contributed by atoms with van der Waals surface area (Å²) < 4.78 is 27.5. The maximum atomic E-state index is 13.9. The molecule has 94 valence electrons. The van der Waals surface area contributed by atoms with Gasteiger partial charge >= 0.3 is 0 Å². The number of nitrogens with two attached hydrogens (primary N) is 1. The van der Waals surface area contributed by atoms with Crippen LogP contribution >= 0.6 is 0 Å². The summed E-state index contributed by atoms with van der Waals surface area (Å²) >= 11 is 0. The third-order valence-corrected chi connectivity index (χ3v) is 2.83. The Morgan fingerprint density at radius 2 is 1.67 bits per heavy atom. The molecule has 1 aromatic carbocycles. The van der Waals surface area contributed by atoms with Crippen molar-refractivity contribution >= 4 is 5.82 Å². The molecule has 0 amide bonds. The van der Waals surface area contributed by atoms with E-state index in [0.29, 0.717) is 17.1 Å². The Morgan fingerprint density at radius 3 is 2.33 bits per heavy atom. The lowest BCUT2D eigenvalue weighted by Crippen LogP contribution is -2.04. The van der Waals surface area contributed by atoms with E-state index in [2.05, 4.69) is 9.97 Å². The van der Waals surface area contributed by atoms with E-state index in [1.807, 2.05) is 0 Å². The summed E-state index contributed by atoms with van der Waals surface area (Å²) in [6.45, 7) is 4.84. The highest BCUT2D eigenvalue weighted by Gasteiger charge is 2.17. The summed E-state index contributed by atoms with van der Waals surface area (Å²) in [4.78, 5) is 8.12. The Kier molecular flexibility index (Phi) is 2.98. The molecule has 0 bridgehead atoms. The van der Waals surface area contributed by atoms with Crippen LogP contribution in [0.1, 0.15) is 17.0 Å². The quantitative estimate of drug-likeness (QED) is 0.845. The van der Waals surface area contributed by atoms with E-state index in [1.165, 1.54) is 19.1 Å². The molecule has 0 aliphatic rings. The van der Waals surface area contributed by atoms with Crippen molar-refractivity contribution in [3.63, 3.8) is 0 Å². The van der Waals surface area contributed by atoms with E-state index in [4.69, 9.17) is 5.73 Å². The van der Waals surface area contributed by atoms with Gasteiger partial charge in [-0.05, 0) is 32.4 Å². The Balaban J connectivity index is 2.74. The van der Waals surface area contributed by atoms with Gasteiger partial charge in [0.1, 0.15) is 11.6 Å². The normalized spacial score (nSPS) is 10.7. The molecular weight excluding hydrogens is 236 g/mol. The zero-order valence-electron chi connectivity index (χ0n) is 10.4. The number of halogens is 2. The summed E-state index contributed by atoms with van der Waals surface area (Å²) in [6.07, 6.45) is 0. The zero-order valence-corrected chi connectivity index (χ0v) is 10.4. The molecule has 18 heavy (non-hydrogen) atoms. The Hall–Kier alpha value is -2.04. The summed E-state index contributed by atoms with van der Waals surface area (Å²) in [5.74, 6) is -1.07. The van der Waals surface area contributed by atoms with Gasteiger partial charge in [0.05, 0.1) is 5.69 Å². The van der Waals surface area contributed by atoms with Gasteiger partial charge in [-0.2, -0.15) is 0 Å². The number of hydrogen-bond donors (Lipinski definition) is 1. The van der Waals surface area contributed by atoms with Gasteiger partial charge in [0, 0.05) is 11.1 Å². The molecule has 0 aliphatic carbocycles. The van der Waals surface area contributed by atoms with Crippen molar-refractivity contribution in [1.29, 1.82) is 0 Å². The van der Waals surface area contributed by atoms with Gasteiger partial charge in [-0.3, -0.25) is 0 Å². The minimum absolute atomic E-state index is 0.104. The van der Waals surface area contributed by atoms with Gasteiger partial charge in [0.15, 0.2) is 11.6 Å². The Bertz CT molecular complexity index is 624. The molecule has 2 aromatic rings.